The minimum absolute atomic E-state index is 0.375. The second kappa shape index (κ2) is 5.66. The fourth-order valence-corrected chi connectivity index (χ4v) is 2.67. The Morgan fingerprint density at radius 3 is 2.88 bits per heavy atom. The molecule has 0 aliphatic heterocycles. The molecule has 1 unspecified atom stereocenters. The maximum absolute atomic E-state index is 10.9. The molecule has 0 bridgehead atoms. The highest BCUT2D eigenvalue weighted by Gasteiger charge is 2.11. The van der Waals surface area contributed by atoms with Gasteiger partial charge in [0.25, 0.3) is 5.22 Å². The predicted molar refractivity (Wildman–Crippen MR) is 69.5 cm³/mol. The minimum atomic E-state index is -0.897. The van der Waals surface area contributed by atoms with Crippen LogP contribution >= 0.6 is 23.4 Å². The number of thioether (sulfide) groups is 1. The molecular formula is C10H9ClN2O2S2. The van der Waals surface area contributed by atoms with E-state index >= 15 is 0 Å². The lowest BCUT2D eigenvalue weighted by Crippen LogP contribution is -1.87. The van der Waals surface area contributed by atoms with Gasteiger partial charge in [-0.25, -0.2) is 0 Å². The van der Waals surface area contributed by atoms with Crippen LogP contribution in [0.1, 0.15) is 0 Å². The van der Waals surface area contributed by atoms with Gasteiger partial charge in [0.05, 0.1) is 15.7 Å². The summed E-state index contributed by atoms with van der Waals surface area (Å²) in [4.78, 5) is 0. The van der Waals surface area contributed by atoms with Crippen molar-refractivity contribution in [3.63, 3.8) is 0 Å². The van der Waals surface area contributed by atoms with Crippen molar-refractivity contribution in [2.45, 2.75) is 5.22 Å². The predicted octanol–water partition coefficient (Wildman–Crippen LogP) is 2.82. The van der Waals surface area contributed by atoms with E-state index in [0.29, 0.717) is 26.8 Å². The van der Waals surface area contributed by atoms with E-state index in [4.69, 9.17) is 16.0 Å². The number of benzene rings is 1. The summed E-state index contributed by atoms with van der Waals surface area (Å²) in [5.41, 5.74) is 0.700. The molecule has 0 saturated heterocycles. The summed E-state index contributed by atoms with van der Waals surface area (Å²) in [7, 11) is -0.897. The van der Waals surface area contributed by atoms with Crippen LogP contribution in [0, 0.1) is 0 Å². The zero-order chi connectivity index (χ0) is 12.3. The third-order valence-electron chi connectivity index (χ3n) is 1.86. The Labute approximate surface area is 110 Å². The van der Waals surface area contributed by atoms with Crippen molar-refractivity contribution in [2.75, 3.05) is 11.3 Å². The van der Waals surface area contributed by atoms with Crippen molar-refractivity contribution in [3.05, 3.63) is 29.3 Å². The van der Waals surface area contributed by atoms with Crippen molar-refractivity contribution in [1.82, 2.24) is 10.2 Å². The Balaban J connectivity index is 2.18. The molecule has 0 amide bonds. The van der Waals surface area contributed by atoms with Gasteiger partial charge in [-0.3, -0.25) is 4.21 Å². The van der Waals surface area contributed by atoms with Crippen LogP contribution in [0.3, 0.4) is 0 Å². The van der Waals surface area contributed by atoms with E-state index in [2.05, 4.69) is 10.2 Å². The average molecular weight is 289 g/mol. The normalized spacial score (nSPS) is 12.6. The summed E-state index contributed by atoms with van der Waals surface area (Å²) in [6.45, 7) is 0. The molecule has 1 aromatic carbocycles. The van der Waals surface area contributed by atoms with Crippen LogP contribution in [0.2, 0.25) is 5.02 Å². The number of aromatic nitrogens is 2. The van der Waals surface area contributed by atoms with Gasteiger partial charge in [0.2, 0.25) is 5.89 Å². The van der Waals surface area contributed by atoms with Crippen molar-refractivity contribution < 1.29 is 8.63 Å². The quantitative estimate of drug-likeness (QED) is 0.810. The molecule has 17 heavy (non-hydrogen) atoms. The highest BCUT2D eigenvalue weighted by atomic mass is 35.5. The number of nitrogens with zero attached hydrogens (tertiary/aromatic N) is 2. The van der Waals surface area contributed by atoms with Gasteiger partial charge in [0.15, 0.2) is 0 Å². The molecule has 0 fully saturated rings. The van der Waals surface area contributed by atoms with Crippen LogP contribution in [-0.4, -0.2) is 25.7 Å². The lowest BCUT2D eigenvalue weighted by atomic mass is 10.2. The van der Waals surface area contributed by atoms with Gasteiger partial charge in [0, 0.05) is 17.1 Å². The standard InChI is InChI=1S/C10H9ClN2O2S2/c1-17(14)6-16-10-13-12-9(15-10)7-4-2-3-5-8(7)11/h2-5H,6H2,1H3. The number of rotatable bonds is 4. The molecule has 1 aromatic heterocycles. The highest BCUT2D eigenvalue weighted by Crippen LogP contribution is 2.28. The van der Waals surface area contributed by atoms with Gasteiger partial charge < -0.3 is 4.42 Å². The van der Waals surface area contributed by atoms with Crippen LogP contribution in [0.25, 0.3) is 11.5 Å². The summed E-state index contributed by atoms with van der Waals surface area (Å²) in [6.07, 6.45) is 1.62. The Bertz CT molecular complexity index is 545. The van der Waals surface area contributed by atoms with Crippen LogP contribution in [-0.2, 0) is 10.8 Å². The molecule has 4 nitrogen and oxygen atoms in total. The van der Waals surface area contributed by atoms with E-state index in [-0.39, 0.29) is 0 Å². The molecule has 0 saturated carbocycles. The number of hydrogen-bond donors (Lipinski definition) is 0. The van der Waals surface area contributed by atoms with E-state index in [0.717, 1.165) is 0 Å². The molecule has 1 heterocycles. The molecule has 0 spiro atoms. The molecule has 0 radical (unpaired) electrons. The maximum Gasteiger partial charge on any atom is 0.277 e. The molecule has 0 aliphatic rings. The zero-order valence-electron chi connectivity index (χ0n) is 8.92. The van der Waals surface area contributed by atoms with E-state index in [1.807, 2.05) is 18.2 Å². The van der Waals surface area contributed by atoms with Gasteiger partial charge in [-0.2, -0.15) is 0 Å². The second-order valence-electron chi connectivity index (χ2n) is 3.19. The summed E-state index contributed by atoms with van der Waals surface area (Å²) in [5.74, 6) is 0.375. The summed E-state index contributed by atoms with van der Waals surface area (Å²) < 4.78 is 16.4. The van der Waals surface area contributed by atoms with Gasteiger partial charge in [-0.1, -0.05) is 35.5 Å². The summed E-state index contributed by atoms with van der Waals surface area (Å²) in [6, 6.07) is 7.24. The van der Waals surface area contributed by atoms with Gasteiger partial charge in [-0.05, 0) is 12.1 Å². The zero-order valence-corrected chi connectivity index (χ0v) is 11.3. The monoisotopic (exact) mass is 288 g/mol. The van der Waals surface area contributed by atoms with Gasteiger partial charge in [0.1, 0.15) is 0 Å². The Morgan fingerprint density at radius 2 is 2.18 bits per heavy atom. The lowest BCUT2D eigenvalue weighted by molar-refractivity contribution is 0.466. The van der Waals surface area contributed by atoms with Crippen LogP contribution in [0.15, 0.2) is 33.9 Å². The van der Waals surface area contributed by atoms with Gasteiger partial charge >= 0.3 is 0 Å². The summed E-state index contributed by atoms with van der Waals surface area (Å²) in [5, 5.41) is 9.16. The van der Waals surface area contributed by atoms with Crippen molar-refractivity contribution in [1.29, 1.82) is 0 Å². The Hall–Kier alpha value is -0.850. The van der Waals surface area contributed by atoms with E-state index < -0.39 is 10.8 Å². The first-order valence-corrected chi connectivity index (χ1v) is 7.77. The third kappa shape index (κ3) is 3.31. The van der Waals surface area contributed by atoms with Crippen LogP contribution < -0.4 is 0 Å². The van der Waals surface area contributed by atoms with Gasteiger partial charge in [-0.15, -0.1) is 10.2 Å². The average Bonchev–Trinajstić information content (AvgIpc) is 2.75. The Kier molecular flexibility index (Phi) is 4.20. The van der Waals surface area contributed by atoms with Crippen molar-refractivity contribution in [2.24, 2.45) is 0 Å². The number of hydrogen-bond acceptors (Lipinski definition) is 5. The third-order valence-corrected chi connectivity index (χ3v) is 4.40. The topological polar surface area (TPSA) is 56.0 Å². The fraction of sp³-hybridized carbons (Fsp3) is 0.200. The smallest absolute Gasteiger partial charge is 0.277 e. The first kappa shape index (κ1) is 12.6. The molecule has 0 N–H and O–H groups in total. The van der Waals surface area contributed by atoms with E-state index in [1.54, 1.807) is 12.3 Å². The molecule has 90 valence electrons. The van der Waals surface area contributed by atoms with Crippen LogP contribution in [0.5, 0.6) is 0 Å². The maximum atomic E-state index is 10.9. The summed E-state index contributed by atoms with van der Waals surface area (Å²) >= 11 is 7.28. The largest absolute Gasteiger partial charge is 0.411 e. The first-order valence-electron chi connectivity index (χ1n) is 4.68. The first-order chi connectivity index (χ1) is 8.16. The lowest BCUT2D eigenvalue weighted by Gasteiger charge is -1.96. The van der Waals surface area contributed by atoms with E-state index in [1.165, 1.54) is 11.8 Å². The molecule has 7 heteroatoms. The van der Waals surface area contributed by atoms with Crippen molar-refractivity contribution in [3.8, 4) is 11.5 Å². The van der Waals surface area contributed by atoms with E-state index in [9.17, 15) is 4.21 Å². The fourth-order valence-electron chi connectivity index (χ4n) is 1.14. The molecular weight excluding hydrogens is 280 g/mol. The van der Waals surface area contributed by atoms with Crippen LogP contribution in [0.4, 0.5) is 0 Å². The minimum Gasteiger partial charge on any atom is -0.411 e. The Morgan fingerprint density at radius 1 is 1.41 bits per heavy atom. The highest BCUT2D eigenvalue weighted by molar-refractivity contribution is 8.09. The second-order valence-corrected chi connectivity index (χ2v) is 6.32. The molecule has 1 atom stereocenters. The van der Waals surface area contributed by atoms with Crippen molar-refractivity contribution >= 4 is 34.2 Å². The number of halogens is 1. The molecule has 0 aliphatic carbocycles. The SMILES string of the molecule is CS(=O)CSc1nnc(-c2ccccc2Cl)o1. The molecule has 2 rings (SSSR count). The molecule has 2 aromatic rings.